The van der Waals surface area contributed by atoms with Gasteiger partial charge in [-0.05, 0) is 0 Å². The van der Waals surface area contributed by atoms with Gasteiger partial charge in [0.2, 0.25) is 5.13 Å². The van der Waals surface area contributed by atoms with Crippen molar-refractivity contribution < 1.29 is 0 Å². The summed E-state index contributed by atoms with van der Waals surface area (Å²) < 4.78 is 0. The largest absolute Gasteiger partial charge is 0.355 e. The molecule has 2 heterocycles. The molecule has 0 unspecified atom stereocenters. The summed E-state index contributed by atoms with van der Waals surface area (Å²) in [6, 6.07) is 0. The number of nitrogens with zero attached hydrogens (tertiary/aromatic N) is 3. The number of anilines is 1. The molecule has 0 aliphatic carbocycles. The van der Waals surface area contributed by atoms with Gasteiger partial charge in [0.05, 0.1) is 12.1 Å². The van der Waals surface area contributed by atoms with Gasteiger partial charge in [-0.3, -0.25) is 4.98 Å². The second kappa shape index (κ2) is 4.67. The molecule has 0 aliphatic rings. The quantitative estimate of drug-likeness (QED) is 0.892. The summed E-state index contributed by atoms with van der Waals surface area (Å²) in [6.45, 7) is 5.01. The average molecular weight is 240 g/mol. The van der Waals surface area contributed by atoms with Crippen LogP contribution in [0.15, 0.2) is 11.7 Å². The Kier molecular flexibility index (Phi) is 3.27. The van der Waals surface area contributed by atoms with E-state index in [-0.39, 0.29) is 0 Å². The van der Waals surface area contributed by atoms with Gasteiger partial charge < -0.3 is 5.32 Å². The monoisotopic (exact) mass is 240 g/mol. The Balaban J connectivity index is 1.94. The van der Waals surface area contributed by atoms with Gasteiger partial charge in [-0.2, -0.15) is 0 Å². The fraction of sp³-hybridized carbons (Fsp3) is 0.444. The number of hydrogen-bond acceptors (Lipinski definition) is 6. The molecule has 80 valence electrons. The second-order valence-electron chi connectivity index (χ2n) is 3.42. The standard InChI is InChI=1S/C9H12N4S2/c1-6(2)8-12-13-9(15-8)11-4-7-3-10-5-14-7/h3,5-6H,4H2,1-2H3,(H,11,13). The van der Waals surface area contributed by atoms with Gasteiger partial charge in [0.1, 0.15) is 5.01 Å². The molecule has 0 aromatic carbocycles. The Morgan fingerprint density at radius 1 is 1.40 bits per heavy atom. The highest BCUT2D eigenvalue weighted by Crippen LogP contribution is 2.22. The van der Waals surface area contributed by atoms with E-state index >= 15 is 0 Å². The summed E-state index contributed by atoms with van der Waals surface area (Å²) in [7, 11) is 0. The van der Waals surface area contributed by atoms with Crippen LogP contribution in [0, 0.1) is 0 Å². The molecule has 0 amide bonds. The van der Waals surface area contributed by atoms with Crippen LogP contribution in [-0.2, 0) is 6.54 Å². The van der Waals surface area contributed by atoms with Crippen LogP contribution in [0.3, 0.4) is 0 Å². The molecular formula is C9H12N4S2. The van der Waals surface area contributed by atoms with Crippen LogP contribution in [0.4, 0.5) is 5.13 Å². The Morgan fingerprint density at radius 3 is 2.87 bits per heavy atom. The third-order valence-electron chi connectivity index (χ3n) is 1.83. The van der Waals surface area contributed by atoms with E-state index in [0.29, 0.717) is 5.92 Å². The third-order valence-corrected chi connectivity index (χ3v) is 3.79. The first kappa shape index (κ1) is 10.5. The van der Waals surface area contributed by atoms with Crippen molar-refractivity contribution in [2.75, 3.05) is 5.32 Å². The van der Waals surface area contributed by atoms with Crippen LogP contribution in [-0.4, -0.2) is 15.2 Å². The fourth-order valence-electron chi connectivity index (χ4n) is 1.03. The molecule has 2 aromatic rings. The second-order valence-corrected chi connectivity index (χ2v) is 5.40. The lowest BCUT2D eigenvalue weighted by Gasteiger charge is -1.97. The molecule has 0 atom stereocenters. The topological polar surface area (TPSA) is 50.7 Å². The highest BCUT2D eigenvalue weighted by molar-refractivity contribution is 7.15. The lowest BCUT2D eigenvalue weighted by atomic mass is 10.2. The summed E-state index contributed by atoms with van der Waals surface area (Å²) in [5.74, 6) is 0.446. The maximum absolute atomic E-state index is 4.11. The van der Waals surface area contributed by atoms with Crippen LogP contribution >= 0.6 is 22.7 Å². The van der Waals surface area contributed by atoms with E-state index in [2.05, 4.69) is 34.3 Å². The highest BCUT2D eigenvalue weighted by atomic mass is 32.1. The predicted octanol–water partition coefficient (Wildman–Crippen LogP) is 2.73. The first-order valence-electron chi connectivity index (χ1n) is 4.70. The van der Waals surface area contributed by atoms with Crippen molar-refractivity contribution in [1.29, 1.82) is 0 Å². The van der Waals surface area contributed by atoms with Crippen LogP contribution in [0.25, 0.3) is 0 Å². The number of aromatic nitrogens is 3. The summed E-state index contributed by atoms with van der Waals surface area (Å²) >= 11 is 3.25. The number of nitrogens with one attached hydrogen (secondary N) is 1. The molecule has 6 heteroatoms. The first-order valence-corrected chi connectivity index (χ1v) is 6.40. The number of hydrogen-bond donors (Lipinski definition) is 1. The normalized spacial score (nSPS) is 10.9. The van der Waals surface area contributed by atoms with Gasteiger partial charge in [0, 0.05) is 17.0 Å². The smallest absolute Gasteiger partial charge is 0.205 e. The minimum atomic E-state index is 0.446. The van der Waals surface area contributed by atoms with Gasteiger partial charge in [-0.1, -0.05) is 25.2 Å². The van der Waals surface area contributed by atoms with Gasteiger partial charge in [0.15, 0.2) is 0 Å². The summed E-state index contributed by atoms with van der Waals surface area (Å²) in [4.78, 5) is 5.22. The molecule has 2 rings (SSSR count). The minimum absolute atomic E-state index is 0.446. The lowest BCUT2D eigenvalue weighted by Crippen LogP contribution is -1.96. The molecular weight excluding hydrogens is 228 g/mol. The summed E-state index contributed by atoms with van der Waals surface area (Å²) in [5, 5.41) is 13.4. The molecule has 0 saturated carbocycles. The molecule has 0 radical (unpaired) electrons. The first-order chi connectivity index (χ1) is 7.25. The van der Waals surface area contributed by atoms with Crippen LogP contribution in [0.5, 0.6) is 0 Å². The van der Waals surface area contributed by atoms with Crippen molar-refractivity contribution in [3.8, 4) is 0 Å². The van der Waals surface area contributed by atoms with E-state index in [0.717, 1.165) is 16.7 Å². The molecule has 0 bridgehead atoms. The van der Waals surface area contributed by atoms with E-state index < -0.39 is 0 Å². The van der Waals surface area contributed by atoms with E-state index in [1.807, 2.05) is 11.7 Å². The highest BCUT2D eigenvalue weighted by Gasteiger charge is 2.07. The zero-order valence-corrected chi connectivity index (χ0v) is 10.2. The summed E-state index contributed by atoms with van der Waals surface area (Å²) in [6.07, 6.45) is 1.86. The van der Waals surface area contributed by atoms with Crippen molar-refractivity contribution in [3.05, 3.63) is 21.6 Å². The number of thiazole rings is 1. The Morgan fingerprint density at radius 2 is 2.27 bits per heavy atom. The van der Waals surface area contributed by atoms with E-state index in [4.69, 9.17) is 0 Å². The third kappa shape index (κ3) is 2.73. The number of rotatable bonds is 4. The molecule has 0 saturated heterocycles. The maximum atomic E-state index is 4.11. The van der Waals surface area contributed by atoms with E-state index in [1.54, 1.807) is 22.7 Å². The fourth-order valence-corrected chi connectivity index (χ4v) is 2.31. The van der Waals surface area contributed by atoms with Crippen molar-refractivity contribution in [3.63, 3.8) is 0 Å². The van der Waals surface area contributed by atoms with Gasteiger partial charge in [-0.25, -0.2) is 0 Å². The van der Waals surface area contributed by atoms with Crippen molar-refractivity contribution >= 4 is 27.8 Å². The van der Waals surface area contributed by atoms with Crippen LogP contribution < -0.4 is 5.32 Å². The Bertz CT molecular complexity index is 407. The zero-order chi connectivity index (χ0) is 10.7. The average Bonchev–Trinajstić information content (AvgIpc) is 2.86. The van der Waals surface area contributed by atoms with Crippen LogP contribution in [0.1, 0.15) is 29.7 Å². The molecule has 0 aliphatic heterocycles. The van der Waals surface area contributed by atoms with Crippen molar-refractivity contribution in [1.82, 2.24) is 15.2 Å². The Labute approximate surface area is 96.4 Å². The zero-order valence-electron chi connectivity index (χ0n) is 8.60. The molecule has 2 aromatic heterocycles. The van der Waals surface area contributed by atoms with E-state index in [1.165, 1.54) is 4.88 Å². The minimum Gasteiger partial charge on any atom is -0.355 e. The predicted molar refractivity (Wildman–Crippen MR) is 63.4 cm³/mol. The SMILES string of the molecule is CC(C)c1nnc(NCc2cncs2)s1. The lowest BCUT2D eigenvalue weighted by molar-refractivity contribution is 0.824. The van der Waals surface area contributed by atoms with Crippen molar-refractivity contribution in [2.24, 2.45) is 0 Å². The summed E-state index contributed by atoms with van der Waals surface area (Å²) in [5.41, 5.74) is 1.83. The van der Waals surface area contributed by atoms with Gasteiger partial charge >= 0.3 is 0 Å². The Hall–Kier alpha value is -1.01. The molecule has 1 N–H and O–H groups in total. The molecule has 0 spiro atoms. The van der Waals surface area contributed by atoms with E-state index in [9.17, 15) is 0 Å². The van der Waals surface area contributed by atoms with Gasteiger partial charge in [0.25, 0.3) is 0 Å². The molecule has 0 fully saturated rings. The molecule has 4 nitrogen and oxygen atoms in total. The maximum Gasteiger partial charge on any atom is 0.205 e. The molecule has 15 heavy (non-hydrogen) atoms. The van der Waals surface area contributed by atoms with Crippen molar-refractivity contribution in [2.45, 2.75) is 26.3 Å². The van der Waals surface area contributed by atoms with Crippen LogP contribution in [0.2, 0.25) is 0 Å². The van der Waals surface area contributed by atoms with Gasteiger partial charge in [-0.15, -0.1) is 21.5 Å².